The van der Waals surface area contributed by atoms with Crippen LogP contribution in [-0.4, -0.2) is 69.6 Å². The number of benzene rings is 1. The highest BCUT2D eigenvalue weighted by molar-refractivity contribution is 14.0. The standard InChI is InChI=1S/C22H33N3O3.HI/c1-23-22(25-11-14-27-20(16-25)19-10-6-12-26-19)24-15-18-9-5-13-28-21(18)17-7-3-2-4-8-17;/h2-4,7-8,18-21H,5-6,9-16H2,1H3,(H,23,24);1H. The first-order valence-corrected chi connectivity index (χ1v) is 10.7. The summed E-state index contributed by atoms with van der Waals surface area (Å²) in [7, 11) is 1.87. The molecule has 0 spiro atoms. The topological polar surface area (TPSA) is 55.3 Å². The van der Waals surface area contributed by atoms with Gasteiger partial charge in [0.15, 0.2) is 5.96 Å². The number of halogens is 1. The van der Waals surface area contributed by atoms with Gasteiger partial charge in [0.2, 0.25) is 0 Å². The molecule has 6 nitrogen and oxygen atoms in total. The predicted molar refractivity (Wildman–Crippen MR) is 125 cm³/mol. The normalized spacial score (nSPS) is 30.7. The number of ether oxygens (including phenoxy) is 3. The summed E-state index contributed by atoms with van der Waals surface area (Å²) in [6, 6.07) is 10.6. The maximum atomic E-state index is 6.14. The lowest BCUT2D eigenvalue weighted by molar-refractivity contribution is -0.0818. The summed E-state index contributed by atoms with van der Waals surface area (Å²) in [5, 5.41) is 3.62. The molecule has 0 saturated carbocycles. The van der Waals surface area contributed by atoms with E-state index in [1.54, 1.807) is 0 Å². The zero-order valence-electron chi connectivity index (χ0n) is 17.3. The fraction of sp³-hybridized carbons (Fsp3) is 0.682. The summed E-state index contributed by atoms with van der Waals surface area (Å²) in [4.78, 5) is 6.87. The monoisotopic (exact) mass is 515 g/mol. The number of nitrogens with one attached hydrogen (secondary N) is 1. The molecule has 3 aliphatic rings. The Bertz CT molecular complexity index is 639. The van der Waals surface area contributed by atoms with Crippen molar-refractivity contribution in [3.05, 3.63) is 35.9 Å². The summed E-state index contributed by atoms with van der Waals surface area (Å²) in [6.07, 6.45) is 5.06. The molecule has 3 heterocycles. The summed E-state index contributed by atoms with van der Waals surface area (Å²) in [5.74, 6) is 1.41. The molecule has 0 aliphatic carbocycles. The van der Waals surface area contributed by atoms with Crippen LogP contribution >= 0.6 is 24.0 Å². The second kappa shape index (κ2) is 11.5. The molecule has 0 amide bonds. The molecule has 1 aromatic carbocycles. The molecule has 4 atom stereocenters. The lowest BCUT2D eigenvalue weighted by Gasteiger charge is -2.38. The van der Waals surface area contributed by atoms with Crippen LogP contribution in [0, 0.1) is 5.92 Å². The van der Waals surface area contributed by atoms with Gasteiger partial charge in [-0.2, -0.15) is 0 Å². The Morgan fingerprint density at radius 1 is 1.03 bits per heavy atom. The van der Waals surface area contributed by atoms with Crippen LogP contribution < -0.4 is 5.32 Å². The van der Waals surface area contributed by atoms with Gasteiger partial charge in [0.25, 0.3) is 0 Å². The lowest BCUT2D eigenvalue weighted by atomic mass is 9.89. The number of morpholine rings is 1. The minimum Gasteiger partial charge on any atom is -0.375 e. The van der Waals surface area contributed by atoms with Gasteiger partial charge in [-0.1, -0.05) is 30.3 Å². The van der Waals surface area contributed by atoms with E-state index in [0.29, 0.717) is 5.92 Å². The van der Waals surface area contributed by atoms with Crippen molar-refractivity contribution in [1.29, 1.82) is 0 Å². The van der Waals surface area contributed by atoms with Crippen LogP contribution in [0.2, 0.25) is 0 Å². The van der Waals surface area contributed by atoms with Gasteiger partial charge in [0.05, 0.1) is 18.8 Å². The van der Waals surface area contributed by atoms with Gasteiger partial charge in [-0.15, -0.1) is 24.0 Å². The number of guanidine groups is 1. The third kappa shape index (κ3) is 5.83. The van der Waals surface area contributed by atoms with E-state index in [0.717, 1.165) is 64.7 Å². The van der Waals surface area contributed by atoms with E-state index < -0.39 is 0 Å². The second-order valence-electron chi connectivity index (χ2n) is 7.94. The molecule has 0 bridgehead atoms. The maximum absolute atomic E-state index is 6.14. The molecule has 29 heavy (non-hydrogen) atoms. The van der Waals surface area contributed by atoms with Gasteiger partial charge in [-0.3, -0.25) is 4.99 Å². The lowest BCUT2D eigenvalue weighted by Crippen LogP contribution is -2.54. The molecule has 1 N–H and O–H groups in total. The number of hydrogen-bond donors (Lipinski definition) is 1. The van der Waals surface area contributed by atoms with Crippen LogP contribution in [-0.2, 0) is 14.2 Å². The molecule has 162 valence electrons. The van der Waals surface area contributed by atoms with E-state index in [2.05, 4.69) is 45.5 Å². The third-order valence-corrected chi connectivity index (χ3v) is 6.08. The van der Waals surface area contributed by atoms with Crippen molar-refractivity contribution in [2.45, 2.75) is 44.0 Å². The fourth-order valence-corrected chi connectivity index (χ4v) is 4.61. The highest BCUT2D eigenvalue weighted by atomic mass is 127. The van der Waals surface area contributed by atoms with Crippen molar-refractivity contribution in [2.24, 2.45) is 10.9 Å². The van der Waals surface area contributed by atoms with Gasteiger partial charge in [0.1, 0.15) is 6.10 Å². The number of nitrogens with zero attached hydrogens (tertiary/aromatic N) is 2. The quantitative estimate of drug-likeness (QED) is 0.379. The Morgan fingerprint density at radius 2 is 1.79 bits per heavy atom. The smallest absolute Gasteiger partial charge is 0.193 e. The van der Waals surface area contributed by atoms with E-state index in [-0.39, 0.29) is 42.3 Å². The summed E-state index contributed by atoms with van der Waals surface area (Å²) < 4.78 is 18.0. The molecule has 1 aromatic rings. The molecular weight excluding hydrogens is 481 g/mol. The molecule has 3 aliphatic heterocycles. The van der Waals surface area contributed by atoms with Gasteiger partial charge >= 0.3 is 0 Å². The Balaban J connectivity index is 0.00000240. The average molecular weight is 515 g/mol. The molecule has 4 unspecified atom stereocenters. The van der Waals surface area contributed by atoms with Gasteiger partial charge in [-0.05, 0) is 31.2 Å². The largest absolute Gasteiger partial charge is 0.375 e. The zero-order valence-corrected chi connectivity index (χ0v) is 19.6. The number of hydrogen-bond acceptors (Lipinski definition) is 4. The van der Waals surface area contributed by atoms with Gasteiger partial charge < -0.3 is 24.4 Å². The van der Waals surface area contributed by atoms with E-state index in [1.165, 1.54) is 12.0 Å². The minimum absolute atomic E-state index is 0. The summed E-state index contributed by atoms with van der Waals surface area (Å²) in [5.41, 5.74) is 1.27. The Hall–Kier alpha value is -0.900. The maximum Gasteiger partial charge on any atom is 0.193 e. The number of rotatable bonds is 4. The van der Waals surface area contributed by atoms with Crippen LogP contribution in [0.3, 0.4) is 0 Å². The van der Waals surface area contributed by atoms with Crippen molar-refractivity contribution in [1.82, 2.24) is 10.2 Å². The van der Waals surface area contributed by atoms with Crippen LogP contribution in [0.15, 0.2) is 35.3 Å². The van der Waals surface area contributed by atoms with Crippen LogP contribution in [0.4, 0.5) is 0 Å². The average Bonchev–Trinajstić information content (AvgIpc) is 3.30. The molecule has 4 rings (SSSR count). The van der Waals surface area contributed by atoms with Gasteiger partial charge in [0, 0.05) is 45.8 Å². The van der Waals surface area contributed by atoms with Gasteiger partial charge in [-0.25, -0.2) is 0 Å². The highest BCUT2D eigenvalue weighted by Gasteiger charge is 2.33. The molecular formula is C22H34IN3O3. The molecule has 7 heteroatoms. The van der Waals surface area contributed by atoms with Crippen molar-refractivity contribution in [3.8, 4) is 0 Å². The second-order valence-corrected chi connectivity index (χ2v) is 7.94. The van der Waals surface area contributed by atoms with Crippen molar-refractivity contribution < 1.29 is 14.2 Å². The molecule has 3 fully saturated rings. The van der Waals surface area contributed by atoms with Crippen molar-refractivity contribution in [3.63, 3.8) is 0 Å². The van der Waals surface area contributed by atoms with Crippen LogP contribution in [0.1, 0.15) is 37.4 Å². The van der Waals surface area contributed by atoms with E-state index in [4.69, 9.17) is 14.2 Å². The van der Waals surface area contributed by atoms with E-state index in [9.17, 15) is 0 Å². The molecule has 3 saturated heterocycles. The zero-order chi connectivity index (χ0) is 19.2. The Labute approximate surface area is 191 Å². The highest BCUT2D eigenvalue weighted by Crippen LogP contribution is 2.33. The number of aliphatic imine (C=N–C) groups is 1. The first-order chi connectivity index (χ1) is 13.8. The third-order valence-electron chi connectivity index (χ3n) is 6.08. The van der Waals surface area contributed by atoms with Crippen molar-refractivity contribution >= 4 is 29.9 Å². The Morgan fingerprint density at radius 3 is 2.55 bits per heavy atom. The molecule has 0 radical (unpaired) electrons. The fourth-order valence-electron chi connectivity index (χ4n) is 4.61. The van der Waals surface area contributed by atoms with Crippen molar-refractivity contribution in [2.75, 3.05) is 46.5 Å². The summed E-state index contributed by atoms with van der Waals surface area (Å²) in [6.45, 7) is 5.01. The van der Waals surface area contributed by atoms with Crippen LogP contribution in [0.5, 0.6) is 0 Å². The summed E-state index contributed by atoms with van der Waals surface area (Å²) >= 11 is 0. The first-order valence-electron chi connectivity index (χ1n) is 10.7. The Kier molecular flexibility index (Phi) is 9.02. The van der Waals surface area contributed by atoms with E-state index >= 15 is 0 Å². The SMILES string of the molecule is CN=C(NCC1CCCOC1c1ccccc1)N1CCOC(C2CCCO2)C1.I. The predicted octanol–water partition coefficient (Wildman–Crippen LogP) is 3.23. The van der Waals surface area contributed by atoms with Crippen LogP contribution in [0.25, 0.3) is 0 Å². The minimum atomic E-state index is 0. The van der Waals surface area contributed by atoms with E-state index in [1.807, 2.05) is 7.05 Å². The first kappa shape index (κ1) is 22.8. The molecule has 0 aromatic heterocycles.